The predicted molar refractivity (Wildman–Crippen MR) is 98.5 cm³/mol. The van der Waals surface area contributed by atoms with Crippen LogP contribution in [0.1, 0.15) is 34.7 Å². The highest BCUT2D eigenvalue weighted by molar-refractivity contribution is 7.18. The maximum Gasteiger partial charge on any atom is 0.275 e. The molecule has 0 radical (unpaired) electrons. The Kier molecular flexibility index (Phi) is 5.85. The van der Waals surface area contributed by atoms with Crippen molar-refractivity contribution in [3.63, 3.8) is 0 Å². The molecule has 0 bridgehead atoms. The topological polar surface area (TPSA) is 88.7 Å². The van der Waals surface area contributed by atoms with Gasteiger partial charge in [-0.1, -0.05) is 6.92 Å². The fraction of sp³-hybridized carbons (Fsp3) is 0.389. The largest absolute Gasteiger partial charge is 0.484 e. The SMILES string of the molecule is CCCN(CCO)C(=O)c1coc(COc2ccc3sc(C)nc3c2)n1. The summed E-state index contributed by atoms with van der Waals surface area (Å²) in [4.78, 5) is 22.6. The average molecular weight is 375 g/mol. The molecular formula is C18H21N3O4S. The first-order valence-corrected chi connectivity index (χ1v) is 9.27. The van der Waals surface area contributed by atoms with E-state index < -0.39 is 0 Å². The van der Waals surface area contributed by atoms with Gasteiger partial charge in [0.1, 0.15) is 12.0 Å². The second-order valence-electron chi connectivity index (χ2n) is 5.79. The van der Waals surface area contributed by atoms with Gasteiger partial charge >= 0.3 is 0 Å². The van der Waals surface area contributed by atoms with E-state index in [9.17, 15) is 4.79 Å². The van der Waals surface area contributed by atoms with Crippen molar-refractivity contribution in [2.24, 2.45) is 0 Å². The van der Waals surface area contributed by atoms with E-state index in [1.54, 1.807) is 16.2 Å². The summed E-state index contributed by atoms with van der Waals surface area (Å²) in [6.45, 7) is 4.81. The van der Waals surface area contributed by atoms with Crippen LogP contribution in [0.4, 0.5) is 0 Å². The second kappa shape index (κ2) is 8.29. The number of oxazole rings is 1. The van der Waals surface area contributed by atoms with E-state index in [4.69, 9.17) is 14.3 Å². The van der Waals surface area contributed by atoms with Crippen molar-refractivity contribution in [3.05, 3.63) is 41.1 Å². The molecule has 1 amide bonds. The quantitative estimate of drug-likeness (QED) is 0.651. The van der Waals surface area contributed by atoms with E-state index in [-0.39, 0.29) is 31.4 Å². The number of hydrogen-bond acceptors (Lipinski definition) is 7. The number of benzene rings is 1. The van der Waals surface area contributed by atoms with Crippen molar-refractivity contribution in [2.45, 2.75) is 26.9 Å². The van der Waals surface area contributed by atoms with Crippen LogP contribution in [0.25, 0.3) is 10.2 Å². The van der Waals surface area contributed by atoms with Crippen LogP contribution in [0.15, 0.2) is 28.9 Å². The lowest BCUT2D eigenvalue weighted by Crippen LogP contribution is -2.34. The Hall–Kier alpha value is -2.45. The van der Waals surface area contributed by atoms with Gasteiger partial charge < -0.3 is 19.2 Å². The van der Waals surface area contributed by atoms with Crippen LogP contribution >= 0.6 is 11.3 Å². The molecule has 1 N–H and O–H groups in total. The summed E-state index contributed by atoms with van der Waals surface area (Å²) in [7, 11) is 0. The Bertz CT molecular complexity index is 884. The number of fused-ring (bicyclic) bond motifs is 1. The summed E-state index contributed by atoms with van der Waals surface area (Å²) in [5, 5.41) is 10.1. The number of aryl methyl sites for hydroxylation is 1. The molecule has 26 heavy (non-hydrogen) atoms. The lowest BCUT2D eigenvalue weighted by Gasteiger charge is -2.19. The zero-order valence-electron chi connectivity index (χ0n) is 14.8. The van der Waals surface area contributed by atoms with Gasteiger partial charge in [0, 0.05) is 19.2 Å². The fourth-order valence-electron chi connectivity index (χ4n) is 2.60. The van der Waals surface area contributed by atoms with E-state index in [1.807, 2.05) is 32.0 Å². The molecule has 2 aromatic heterocycles. The van der Waals surface area contributed by atoms with Crippen molar-refractivity contribution >= 4 is 27.5 Å². The molecule has 0 saturated heterocycles. The molecular weight excluding hydrogens is 354 g/mol. The van der Waals surface area contributed by atoms with Crippen molar-refractivity contribution in [3.8, 4) is 5.75 Å². The number of hydrogen-bond donors (Lipinski definition) is 1. The normalized spacial score (nSPS) is 11.0. The Morgan fingerprint density at radius 3 is 2.96 bits per heavy atom. The molecule has 0 spiro atoms. The number of amides is 1. The molecule has 1 aromatic carbocycles. The number of carbonyl (C=O) groups excluding carboxylic acids is 1. The highest BCUT2D eigenvalue weighted by Gasteiger charge is 2.19. The Morgan fingerprint density at radius 2 is 2.19 bits per heavy atom. The first kappa shape index (κ1) is 18.3. The third kappa shape index (κ3) is 4.20. The minimum absolute atomic E-state index is 0.0852. The van der Waals surface area contributed by atoms with E-state index >= 15 is 0 Å². The molecule has 0 aliphatic carbocycles. The molecule has 7 nitrogen and oxygen atoms in total. The highest BCUT2D eigenvalue weighted by atomic mass is 32.1. The summed E-state index contributed by atoms with van der Waals surface area (Å²) >= 11 is 1.63. The van der Waals surface area contributed by atoms with Gasteiger partial charge in [-0.15, -0.1) is 11.3 Å². The number of carbonyl (C=O) groups is 1. The van der Waals surface area contributed by atoms with Crippen molar-refractivity contribution in [1.29, 1.82) is 0 Å². The van der Waals surface area contributed by atoms with Gasteiger partial charge in [0.25, 0.3) is 5.91 Å². The molecule has 0 aliphatic heterocycles. The molecule has 2 heterocycles. The van der Waals surface area contributed by atoms with Gasteiger partial charge in [-0.25, -0.2) is 9.97 Å². The Labute approximate surface area is 155 Å². The number of rotatable bonds is 8. The van der Waals surface area contributed by atoms with Gasteiger partial charge in [0.15, 0.2) is 12.3 Å². The van der Waals surface area contributed by atoms with Crippen molar-refractivity contribution in [2.75, 3.05) is 19.7 Å². The summed E-state index contributed by atoms with van der Waals surface area (Å²) in [6.07, 6.45) is 2.13. The highest BCUT2D eigenvalue weighted by Crippen LogP contribution is 2.26. The Morgan fingerprint density at radius 1 is 1.35 bits per heavy atom. The smallest absolute Gasteiger partial charge is 0.275 e. The lowest BCUT2D eigenvalue weighted by molar-refractivity contribution is 0.0716. The fourth-order valence-corrected chi connectivity index (χ4v) is 3.41. The molecule has 0 aliphatic rings. The van der Waals surface area contributed by atoms with Gasteiger partial charge in [0.2, 0.25) is 5.89 Å². The van der Waals surface area contributed by atoms with Gasteiger partial charge in [-0.2, -0.15) is 0 Å². The molecule has 0 fully saturated rings. The number of ether oxygens (including phenoxy) is 1. The first-order chi connectivity index (χ1) is 12.6. The van der Waals surface area contributed by atoms with Crippen LogP contribution in [0.2, 0.25) is 0 Å². The van der Waals surface area contributed by atoms with E-state index in [0.717, 1.165) is 21.6 Å². The number of aliphatic hydroxyl groups excluding tert-OH is 1. The zero-order chi connectivity index (χ0) is 18.5. The molecule has 0 saturated carbocycles. The molecule has 0 unspecified atom stereocenters. The van der Waals surface area contributed by atoms with Gasteiger partial charge in [0.05, 0.1) is 21.8 Å². The molecule has 0 atom stereocenters. The van der Waals surface area contributed by atoms with E-state index in [1.165, 1.54) is 6.26 Å². The third-order valence-corrected chi connectivity index (χ3v) is 4.70. The third-order valence-electron chi connectivity index (χ3n) is 3.75. The second-order valence-corrected chi connectivity index (χ2v) is 7.03. The summed E-state index contributed by atoms with van der Waals surface area (Å²) in [5.41, 5.74) is 1.11. The minimum atomic E-state index is -0.254. The predicted octanol–water partition coefficient (Wildman–Crippen LogP) is 3.02. The average Bonchev–Trinajstić information content (AvgIpc) is 3.24. The first-order valence-electron chi connectivity index (χ1n) is 8.45. The van der Waals surface area contributed by atoms with E-state index in [0.29, 0.717) is 18.2 Å². The van der Waals surface area contributed by atoms with Crippen LogP contribution in [0.3, 0.4) is 0 Å². The monoisotopic (exact) mass is 375 g/mol. The van der Waals surface area contributed by atoms with Crippen LogP contribution in [0, 0.1) is 6.92 Å². The molecule has 8 heteroatoms. The minimum Gasteiger partial charge on any atom is -0.484 e. The van der Waals surface area contributed by atoms with Crippen LogP contribution in [-0.2, 0) is 6.61 Å². The van der Waals surface area contributed by atoms with Crippen LogP contribution < -0.4 is 4.74 Å². The van der Waals surface area contributed by atoms with Crippen molar-refractivity contribution < 1.29 is 19.1 Å². The maximum absolute atomic E-state index is 12.4. The van der Waals surface area contributed by atoms with Gasteiger partial charge in [-0.3, -0.25) is 4.79 Å². The number of aliphatic hydroxyl groups is 1. The summed E-state index contributed by atoms with van der Waals surface area (Å²) in [5.74, 6) is 0.736. The molecule has 3 rings (SSSR count). The molecule has 3 aromatic rings. The maximum atomic E-state index is 12.4. The van der Waals surface area contributed by atoms with Crippen LogP contribution in [0.5, 0.6) is 5.75 Å². The van der Waals surface area contributed by atoms with E-state index in [2.05, 4.69) is 9.97 Å². The number of nitrogens with zero attached hydrogens (tertiary/aromatic N) is 3. The lowest BCUT2D eigenvalue weighted by atomic mass is 10.3. The standard InChI is InChI=1S/C18H21N3O4S/c1-3-6-21(7-8-22)18(23)15-10-25-17(20-15)11-24-13-4-5-16-14(9-13)19-12(2)26-16/h4-5,9-10,22H,3,6-8,11H2,1-2H3. The molecule has 138 valence electrons. The number of aromatic nitrogens is 2. The zero-order valence-corrected chi connectivity index (χ0v) is 15.6. The number of thiazole rings is 1. The summed E-state index contributed by atoms with van der Waals surface area (Å²) < 4.78 is 12.2. The Balaban J connectivity index is 1.64. The van der Waals surface area contributed by atoms with Crippen LogP contribution in [-0.4, -0.2) is 45.6 Å². The van der Waals surface area contributed by atoms with Crippen molar-refractivity contribution in [1.82, 2.24) is 14.9 Å². The summed E-state index contributed by atoms with van der Waals surface area (Å²) in [6, 6.07) is 5.72. The van der Waals surface area contributed by atoms with Gasteiger partial charge in [-0.05, 0) is 25.5 Å².